The Morgan fingerprint density at radius 3 is 1.17 bits per heavy atom. The van der Waals surface area contributed by atoms with E-state index in [2.05, 4.69) is 161 Å². The van der Waals surface area contributed by atoms with Crippen LogP contribution in [0.1, 0.15) is 72.2 Å². The van der Waals surface area contributed by atoms with Crippen molar-refractivity contribution in [2.24, 2.45) is 0 Å². The summed E-state index contributed by atoms with van der Waals surface area (Å²) in [6.45, 7) is 9.56. The first-order valence-corrected chi connectivity index (χ1v) is 17.3. The maximum atomic E-state index is 2.45. The van der Waals surface area contributed by atoms with Crippen molar-refractivity contribution in [2.75, 3.05) is 0 Å². The molecule has 7 aromatic carbocycles. The molecule has 0 N–H and O–H groups in total. The molecule has 11 rings (SSSR count). The van der Waals surface area contributed by atoms with Crippen molar-refractivity contribution in [1.82, 2.24) is 0 Å². The molecule has 0 radical (unpaired) electrons. The van der Waals surface area contributed by atoms with Crippen LogP contribution >= 0.6 is 0 Å². The van der Waals surface area contributed by atoms with Crippen LogP contribution in [0.4, 0.5) is 0 Å². The molecule has 0 nitrogen and oxygen atoms in total. The van der Waals surface area contributed by atoms with Crippen LogP contribution in [0.3, 0.4) is 0 Å². The van der Waals surface area contributed by atoms with Crippen molar-refractivity contribution >= 4 is 43.8 Å². The van der Waals surface area contributed by atoms with E-state index in [1.54, 1.807) is 0 Å². The fourth-order valence-electron chi connectivity index (χ4n) is 10.0. The predicted octanol–water partition coefficient (Wildman–Crippen LogP) is 12.5. The molecular weight excluding hydrogens is 577 g/mol. The van der Waals surface area contributed by atoms with Crippen molar-refractivity contribution in [1.29, 1.82) is 0 Å². The largest absolute Gasteiger partial charge is 0.0619 e. The summed E-state index contributed by atoms with van der Waals surface area (Å²) in [5, 5.41) is 5.46. The second kappa shape index (κ2) is 8.71. The van der Waals surface area contributed by atoms with Gasteiger partial charge in [-0.25, -0.2) is 0 Å². The molecule has 0 aromatic heterocycles. The molecule has 0 bridgehead atoms. The maximum absolute atomic E-state index is 2.45. The maximum Gasteiger partial charge on any atom is 0.0165 e. The lowest BCUT2D eigenvalue weighted by molar-refractivity contribution is 0.705. The van der Waals surface area contributed by atoms with Gasteiger partial charge in [0.2, 0.25) is 0 Å². The molecule has 0 fully saturated rings. The fourth-order valence-corrected chi connectivity index (χ4v) is 10.0. The highest BCUT2D eigenvalue weighted by atomic mass is 14.5. The molecule has 0 heteroatoms. The first kappa shape index (κ1) is 26.6. The third-order valence-electron chi connectivity index (χ3n) is 12.1. The molecule has 0 amide bonds. The lowest BCUT2D eigenvalue weighted by atomic mass is 9.78. The SMILES string of the molecule is CC1(C)C2=C(c3ccccc31)c1cc(-c3ccc(-c4cc5c6c(cccc6c4)C4=C5c5ccccc5C4(C)C)cc3)cc3cccc2c13. The number of allylic oxidation sites excluding steroid dienone is 2. The molecule has 226 valence electrons. The second-order valence-electron chi connectivity index (χ2n) is 15.3. The van der Waals surface area contributed by atoms with E-state index in [-0.39, 0.29) is 10.8 Å². The Morgan fingerprint density at radius 1 is 0.333 bits per heavy atom. The number of hydrogen-bond acceptors (Lipinski definition) is 0. The van der Waals surface area contributed by atoms with Crippen molar-refractivity contribution in [2.45, 2.75) is 38.5 Å². The summed E-state index contributed by atoms with van der Waals surface area (Å²) in [5.74, 6) is 0. The molecule has 4 aliphatic rings. The van der Waals surface area contributed by atoms with E-state index in [1.165, 1.54) is 111 Å². The van der Waals surface area contributed by atoms with Gasteiger partial charge in [0.25, 0.3) is 0 Å². The Hall–Kier alpha value is -5.46. The van der Waals surface area contributed by atoms with Gasteiger partial charge in [-0.1, -0.05) is 137 Å². The van der Waals surface area contributed by atoms with Crippen LogP contribution in [-0.2, 0) is 10.8 Å². The third kappa shape index (κ3) is 3.12. The number of rotatable bonds is 2. The smallest absolute Gasteiger partial charge is 0.0165 e. The van der Waals surface area contributed by atoms with E-state index in [9.17, 15) is 0 Å². The Balaban J connectivity index is 1.04. The highest BCUT2D eigenvalue weighted by Crippen LogP contribution is 2.61. The molecular formula is C48H34. The van der Waals surface area contributed by atoms with E-state index in [1.807, 2.05) is 0 Å². The van der Waals surface area contributed by atoms with Crippen LogP contribution in [0.5, 0.6) is 0 Å². The van der Waals surface area contributed by atoms with Gasteiger partial charge in [0.05, 0.1) is 0 Å². The molecule has 0 heterocycles. The molecule has 0 atom stereocenters. The number of hydrogen-bond donors (Lipinski definition) is 0. The quantitative estimate of drug-likeness (QED) is 0.183. The number of fused-ring (bicyclic) bond motifs is 8. The second-order valence-corrected chi connectivity index (χ2v) is 15.3. The minimum atomic E-state index is -0.0187. The fraction of sp³-hybridized carbons (Fsp3) is 0.125. The zero-order valence-corrected chi connectivity index (χ0v) is 27.7. The summed E-state index contributed by atoms with van der Waals surface area (Å²) in [4.78, 5) is 0. The minimum Gasteiger partial charge on any atom is -0.0619 e. The topological polar surface area (TPSA) is 0 Å². The third-order valence-corrected chi connectivity index (χ3v) is 12.1. The molecule has 7 aromatic rings. The van der Waals surface area contributed by atoms with Crippen LogP contribution < -0.4 is 0 Å². The van der Waals surface area contributed by atoms with Gasteiger partial charge in [0.15, 0.2) is 0 Å². The monoisotopic (exact) mass is 610 g/mol. The summed E-state index contributed by atoms with van der Waals surface area (Å²) < 4.78 is 0. The lowest BCUT2D eigenvalue weighted by Crippen LogP contribution is -2.16. The van der Waals surface area contributed by atoms with Gasteiger partial charge in [-0.2, -0.15) is 0 Å². The first-order valence-electron chi connectivity index (χ1n) is 17.3. The van der Waals surface area contributed by atoms with Gasteiger partial charge in [0.1, 0.15) is 0 Å². The molecule has 4 aliphatic carbocycles. The van der Waals surface area contributed by atoms with Gasteiger partial charge in [0, 0.05) is 10.8 Å². The molecule has 0 unspecified atom stereocenters. The number of benzene rings is 7. The molecule has 48 heavy (non-hydrogen) atoms. The van der Waals surface area contributed by atoms with E-state index >= 15 is 0 Å². The summed E-state index contributed by atoms with van der Waals surface area (Å²) in [6.07, 6.45) is 0. The van der Waals surface area contributed by atoms with E-state index in [4.69, 9.17) is 0 Å². The van der Waals surface area contributed by atoms with Crippen LogP contribution in [-0.4, -0.2) is 0 Å². The van der Waals surface area contributed by atoms with E-state index in [0.717, 1.165) is 0 Å². The highest BCUT2D eigenvalue weighted by Gasteiger charge is 2.44. The van der Waals surface area contributed by atoms with Gasteiger partial charge in [-0.05, 0) is 135 Å². The van der Waals surface area contributed by atoms with Gasteiger partial charge in [-0.15, -0.1) is 0 Å². The summed E-state index contributed by atoms with van der Waals surface area (Å²) in [7, 11) is 0. The zero-order chi connectivity index (χ0) is 32.1. The van der Waals surface area contributed by atoms with Crippen molar-refractivity contribution < 1.29 is 0 Å². The molecule has 0 saturated carbocycles. The van der Waals surface area contributed by atoms with E-state index in [0.29, 0.717) is 0 Å². The van der Waals surface area contributed by atoms with Gasteiger partial charge in [-0.3, -0.25) is 0 Å². The Kier molecular flexibility index (Phi) is 4.82. The lowest BCUT2D eigenvalue weighted by Gasteiger charge is -2.25. The zero-order valence-electron chi connectivity index (χ0n) is 27.7. The standard InChI is InChI=1S/C48H34/c1-47(2)39-17-7-5-13-33(39)43-37-25-31(23-29-11-9-15-35(41(29)37)45(43)47)27-19-21-28(22-20-27)32-24-30-12-10-16-36-42(30)38(26-32)44-34-14-6-8-18-40(34)48(3,4)46(36)44/h5-26H,1-4H3. The Morgan fingerprint density at radius 2 is 0.729 bits per heavy atom. The van der Waals surface area contributed by atoms with E-state index < -0.39 is 0 Å². The van der Waals surface area contributed by atoms with Crippen LogP contribution in [0.15, 0.2) is 133 Å². The summed E-state index contributed by atoms with van der Waals surface area (Å²) in [5.41, 5.74) is 22.1. The molecule has 0 spiro atoms. The van der Waals surface area contributed by atoms with Crippen LogP contribution in [0.2, 0.25) is 0 Å². The van der Waals surface area contributed by atoms with Gasteiger partial charge >= 0.3 is 0 Å². The average Bonchev–Trinajstić information content (AvgIpc) is 3.78. The summed E-state index contributed by atoms with van der Waals surface area (Å²) >= 11 is 0. The average molecular weight is 611 g/mol. The minimum absolute atomic E-state index is 0.0187. The molecule has 0 aliphatic heterocycles. The van der Waals surface area contributed by atoms with Crippen LogP contribution in [0, 0.1) is 0 Å². The first-order chi connectivity index (χ1) is 23.3. The van der Waals surface area contributed by atoms with Crippen molar-refractivity contribution in [3.63, 3.8) is 0 Å². The highest BCUT2D eigenvalue weighted by molar-refractivity contribution is 6.23. The predicted molar refractivity (Wildman–Crippen MR) is 203 cm³/mol. The Bertz CT molecular complexity index is 2500. The van der Waals surface area contributed by atoms with Crippen molar-refractivity contribution in [3.05, 3.63) is 178 Å². The normalized spacial score (nSPS) is 16.9. The summed E-state index contributed by atoms with van der Waals surface area (Å²) in [6, 6.07) is 50.7. The van der Waals surface area contributed by atoms with Crippen molar-refractivity contribution in [3.8, 4) is 22.3 Å². The Labute approximate surface area is 281 Å². The van der Waals surface area contributed by atoms with Crippen LogP contribution in [0.25, 0.3) is 66.1 Å². The van der Waals surface area contributed by atoms with Gasteiger partial charge < -0.3 is 0 Å². The molecule has 0 saturated heterocycles.